The van der Waals surface area contributed by atoms with Crippen molar-refractivity contribution in [2.24, 2.45) is 16.6 Å². The van der Waals surface area contributed by atoms with Gasteiger partial charge in [-0.25, -0.2) is 13.8 Å². The van der Waals surface area contributed by atoms with Crippen molar-refractivity contribution in [3.63, 3.8) is 0 Å². The van der Waals surface area contributed by atoms with E-state index in [1.54, 1.807) is 0 Å². The van der Waals surface area contributed by atoms with Crippen LogP contribution in [0.1, 0.15) is 12.0 Å². The summed E-state index contributed by atoms with van der Waals surface area (Å²) in [4.78, 5) is 14.0. The number of nitro benzene ring substituents is 1. The Morgan fingerprint density at radius 1 is 1.57 bits per heavy atom. The first-order valence-corrected chi connectivity index (χ1v) is 6.48. The van der Waals surface area contributed by atoms with Crippen LogP contribution in [-0.2, 0) is 10.3 Å². The number of nitrogens with two attached hydrogens (primary N) is 1. The molecule has 0 bridgehead atoms. The Balaban J connectivity index is 2.21. The SMILES string of the molecule is NC1=N[C@@](c2cc([N+](=O)[O-])ccc2Cl)(C(F)F)[C@H]2CC2O1. The van der Waals surface area contributed by atoms with E-state index in [4.69, 9.17) is 22.1 Å². The molecule has 1 heterocycles. The summed E-state index contributed by atoms with van der Waals surface area (Å²) >= 11 is 5.99. The Morgan fingerprint density at radius 3 is 2.90 bits per heavy atom. The molecule has 1 aromatic rings. The highest BCUT2D eigenvalue weighted by atomic mass is 35.5. The highest BCUT2D eigenvalue weighted by Gasteiger charge is 2.64. The molecule has 0 spiro atoms. The predicted molar refractivity (Wildman–Crippen MR) is 70.4 cm³/mol. The van der Waals surface area contributed by atoms with Crippen molar-refractivity contribution in [1.82, 2.24) is 0 Å². The van der Waals surface area contributed by atoms with Crippen LogP contribution in [0.5, 0.6) is 0 Å². The van der Waals surface area contributed by atoms with Gasteiger partial charge < -0.3 is 10.5 Å². The summed E-state index contributed by atoms with van der Waals surface area (Å²) in [6, 6.07) is 3.06. The second kappa shape index (κ2) is 4.52. The second-order valence-corrected chi connectivity index (χ2v) is 5.40. The van der Waals surface area contributed by atoms with Gasteiger partial charge in [0.15, 0.2) is 5.54 Å². The molecule has 21 heavy (non-hydrogen) atoms. The molecule has 2 N–H and O–H groups in total. The van der Waals surface area contributed by atoms with E-state index in [-0.39, 0.29) is 22.3 Å². The van der Waals surface area contributed by atoms with E-state index in [0.29, 0.717) is 6.42 Å². The monoisotopic (exact) mass is 317 g/mol. The fourth-order valence-corrected chi connectivity index (χ4v) is 3.00. The average Bonchev–Trinajstić information content (AvgIpc) is 3.16. The second-order valence-electron chi connectivity index (χ2n) is 5.00. The highest BCUT2D eigenvalue weighted by Crippen LogP contribution is 2.57. The minimum absolute atomic E-state index is 0.00926. The lowest BCUT2D eigenvalue weighted by atomic mass is 9.85. The third kappa shape index (κ3) is 2.01. The van der Waals surface area contributed by atoms with Crippen molar-refractivity contribution in [2.75, 3.05) is 0 Å². The van der Waals surface area contributed by atoms with E-state index in [2.05, 4.69) is 4.99 Å². The third-order valence-corrected chi connectivity index (χ3v) is 4.12. The van der Waals surface area contributed by atoms with Crippen LogP contribution in [0.15, 0.2) is 23.2 Å². The van der Waals surface area contributed by atoms with Gasteiger partial charge in [-0.05, 0) is 12.5 Å². The maximum absolute atomic E-state index is 13.8. The molecular formula is C12H10ClF2N3O3. The van der Waals surface area contributed by atoms with Crippen molar-refractivity contribution >= 4 is 23.3 Å². The zero-order chi connectivity index (χ0) is 15.4. The Kier molecular flexibility index (Phi) is 3.01. The predicted octanol–water partition coefficient (Wildman–Crippen LogP) is 2.44. The van der Waals surface area contributed by atoms with Gasteiger partial charge in [0, 0.05) is 28.6 Å². The van der Waals surface area contributed by atoms with Crippen LogP contribution in [0, 0.1) is 16.0 Å². The normalized spacial score (nSPS) is 30.4. The molecule has 0 aromatic heterocycles. The molecule has 1 aromatic carbocycles. The average molecular weight is 318 g/mol. The minimum Gasteiger partial charge on any atom is -0.462 e. The van der Waals surface area contributed by atoms with Crippen LogP contribution in [0.3, 0.4) is 0 Å². The van der Waals surface area contributed by atoms with Gasteiger partial charge in [-0.15, -0.1) is 0 Å². The Morgan fingerprint density at radius 2 is 2.29 bits per heavy atom. The van der Waals surface area contributed by atoms with Gasteiger partial charge in [-0.3, -0.25) is 10.1 Å². The number of hydrogen-bond donors (Lipinski definition) is 1. The van der Waals surface area contributed by atoms with Crippen molar-refractivity contribution in [3.8, 4) is 0 Å². The molecule has 0 amide bonds. The van der Waals surface area contributed by atoms with Gasteiger partial charge >= 0.3 is 0 Å². The first kappa shape index (κ1) is 14.0. The first-order chi connectivity index (χ1) is 9.86. The molecule has 1 aliphatic heterocycles. The number of rotatable bonds is 3. The largest absolute Gasteiger partial charge is 0.462 e. The van der Waals surface area contributed by atoms with E-state index in [1.807, 2.05) is 0 Å². The quantitative estimate of drug-likeness (QED) is 0.684. The van der Waals surface area contributed by atoms with E-state index in [9.17, 15) is 18.9 Å². The Labute approximate surface area is 122 Å². The molecule has 3 rings (SSSR count). The van der Waals surface area contributed by atoms with Crippen LogP contribution in [-0.4, -0.2) is 23.5 Å². The number of halogens is 3. The molecular weight excluding hydrogens is 308 g/mol. The third-order valence-electron chi connectivity index (χ3n) is 3.79. The lowest BCUT2D eigenvalue weighted by molar-refractivity contribution is -0.385. The van der Waals surface area contributed by atoms with Crippen LogP contribution in [0.4, 0.5) is 14.5 Å². The fourth-order valence-electron chi connectivity index (χ4n) is 2.73. The van der Waals surface area contributed by atoms with Gasteiger partial charge in [-0.2, -0.15) is 0 Å². The fraction of sp³-hybridized carbons (Fsp3) is 0.417. The Bertz CT molecular complexity index is 655. The summed E-state index contributed by atoms with van der Waals surface area (Å²) < 4.78 is 32.7. The van der Waals surface area contributed by atoms with Gasteiger partial charge in [0.1, 0.15) is 6.10 Å². The number of hydrogen-bond acceptors (Lipinski definition) is 5. The van der Waals surface area contributed by atoms with Crippen molar-refractivity contribution < 1.29 is 18.4 Å². The van der Waals surface area contributed by atoms with E-state index >= 15 is 0 Å². The molecule has 1 fully saturated rings. The van der Waals surface area contributed by atoms with Gasteiger partial charge in [0.25, 0.3) is 18.1 Å². The number of nitrogens with zero attached hydrogens (tertiary/aromatic N) is 2. The standard InChI is InChI=1S/C12H10ClF2N3O3/c13-8-2-1-5(18(19)20)3-6(8)12(10(14)15)7-4-9(7)21-11(16)17-12/h1-3,7,9-10H,4H2,(H2,16,17)/t7-,9?,12+/m0/s1. The highest BCUT2D eigenvalue weighted by molar-refractivity contribution is 6.31. The number of fused-ring (bicyclic) bond motifs is 1. The number of alkyl halides is 2. The summed E-state index contributed by atoms with van der Waals surface area (Å²) in [5, 5.41) is 10.9. The number of non-ortho nitro benzene ring substituents is 1. The summed E-state index contributed by atoms with van der Waals surface area (Å²) in [5.74, 6) is -0.593. The molecule has 2 aliphatic rings. The van der Waals surface area contributed by atoms with Crippen LogP contribution >= 0.6 is 11.6 Å². The zero-order valence-electron chi connectivity index (χ0n) is 10.5. The number of aliphatic imine (C=N–C) groups is 1. The molecule has 0 radical (unpaired) electrons. The molecule has 1 unspecified atom stereocenters. The summed E-state index contributed by atoms with van der Waals surface area (Å²) in [7, 11) is 0. The molecule has 0 saturated heterocycles. The maximum atomic E-state index is 13.8. The first-order valence-electron chi connectivity index (χ1n) is 6.11. The number of benzene rings is 1. The number of ether oxygens (including phenoxy) is 1. The molecule has 112 valence electrons. The smallest absolute Gasteiger partial charge is 0.283 e. The van der Waals surface area contributed by atoms with E-state index in [1.165, 1.54) is 6.07 Å². The van der Waals surface area contributed by atoms with Gasteiger partial charge in [0.2, 0.25) is 0 Å². The lowest BCUT2D eigenvalue weighted by Gasteiger charge is -2.33. The van der Waals surface area contributed by atoms with Crippen molar-refractivity contribution in [1.29, 1.82) is 0 Å². The molecule has 1 saturated carbocycles. The lowest BCUT2D eigenvalue weighted by Crippen LogP contribution is -2.43. The molecule has 6 nitrogen and oxygen atoms in total. The van der Waals surface area contributed by atoms with Crippen LogP contribution in [0.25, 0.3) is 0 Å². The number of nitro groups is 1. The molecule has 3 atom stereocenters. The molecule has 1 aliphatic carbocycles. The summed E-state index contributed by atoms with van der Waals surface area (Å²) in [5.41, 5.74) is 3.06. The molecule has 9 heteroatoms. The van der Waals surface area contributed by atoms with Crippen molar-refractivity contribution in [2.45, 2.75) is 24.5 Å². The topological polar surface area (TPSA) is 90.8 Å². The van der Waals surface area contributed by atoms with Crippen LogP contribution in [0.2, 0.25) is 5.02 Å². The van der Waals surface area contributed by atoms with Crippen LogP contribution < -0.4 is 5.73 Å². The van der Waals surface area contributed by atoms with E-state index < -0.39 is 28.9 Å². The Hall–Kier alpha value is -1.96. The van der Waals surface area contributed by atoms with E-state index in [0.717, 1.165) is 12.1 Å². The maximum Gasteiger partial charge on any atom is 0.283 e. The number of amidine groups is 1. The van der Waals surface area contributed by atoms with Gasteiger partial charge in [-0.1, -0.05) is 11.6 Å². The summed E-state index contributed by atoms with van der Waals surface area (Å²) in [6.07, 6.45) is -3.01. The van der Waals surface area contributed by atoms with Gasteiger partial charge in [0.05, 0.1) is 4.92 Å². The minimum atomic E-state index is -2.91. The zero-order valence-corrected chi connectivity index (χ0v) is 11.3. The summed E-state index contributed by atoms with van der Waals surface area (Å²) in [6.45, 7) is 0. The van der Waals surface area contributed by atoms with Crippen molar-refractivity contribution in [3.05, 3.63) is 38.9 Å².